The lowest BCUT2D eigenvalue weighted by Crippen LogP contribution is -2.17. The van der Waals surface area contributed by atoms with Crippen LogP contribution in [-0.2, 0) is 17.8 Å². The van der Waals surface area contributed by atoms with Crippen molar-refractivity contribution in [3.8, 4) is 5.75 Å². The molecule has 10 heteroatoms. The Morgan fingerprint density at radius 2 is 1.97 bits per heavy atom. The van der Waals surface area contributed by atoms with Crippen molar-refractivity contribution in [1.82, 2.24) is 29.8 Å². The molecule has 1 amide bonds. The summed E-state index contributed by atoms with van der Waals surface area (Å²) in [7, 11) is 3.18. The smallest absolute Gasteiger partial charge is 0.226 e. The van der Waals surface area contributed by atoms with Crippen LogP contribution < -0.4 is 15.4 Å². The number of hydrogen-bond donors (Lipinski definition) is 2. The van der Waals surface area contributed by atoms with Crippen molar-refractivity contribution in [1.29, 1.82) is 0 Å². The molecule has 2 aromatic heterocycles. The van der Waals surface area contributed by atoms with Gasteiger partial charge in [0.2, 0.25) is 12.4 Å². The van der Waals surface area contributed by atoms with Crippen LogP contribution in [-0.4, -0.2) is 64.7 Å². The molecule has 1 saturated heterocycles. The molecule has 0 radical (unpaired) electrons. The number of carbonyl (C=O) groups is 1. The Balaban J connectivity index is 0.000000603. The van der Waals surface area contributed by atoms with Crippen molar-refractivity contribution in [2.24, 2.45) is 0 Å². The van der Waals surface area contributed by atoms with Gasteiger partial charge in [0.25, 0.3) is 0 Å². The van der Waals surface area contributed by atoms with E-state index < -0.39 is 5.82 Å². The van der Waals surface area contributed by atoms with Gasteiger partial charge in [0.15, 0.2) is 23.0 Å². The second-order valence-electron chi connectivity index (χ2n) is 9.48. The van der Waals surface area contributed by atoms with E-state index in [1.54, 1.807) is 22.5 Å². The summed E-state index contributed by atoms with van der Waals surface area (Å²) in [6.07, 6.45) is 5.91. The largest absolute Gasteiger partial charge is 0.494 e. The number of rotatable bonds is 10. The van der Waals surface area contributed by atoms with Crippen LogP contribution in [0.2, 0.25) is 0 Å². The Labute approximate surface area is 222 Å². The monoisotopic (exact) mass is 521 g/mol. The maximum absolute atomic E-state index is 14.5. The number of nitrogens with zero attached hydrogens (tertiary/aromatic N) is 5. The number of anilines is 1. The van der Waals surface area contributed by atoms with Crippen LogP contribution in [0.15, 0.2) is 36.4 Å². The van der Waals surface area contributed by atoms with Gasteiger partial charge in [-0.05, 0) is 62.9 Å². The predicted octanol–water partition coefficient (Wildman–Crippen LogP) is 4.13. The van der Waals surface area contributed by atoms with Gasteiger partial charge in [-0.25, -0.2) is 14.4 Å². The average molecular weight is 522 g/mol. The maximum atomic E-state index is 14.5. The summed E-state index contributed by atoms with van der Waals surface area (Å²) in [4.78, 5) is 21.7. The fraction of sp³-hybridized carbons (Fsp3) is 0.429. The first-order valence-electron chi connectivity index (χ1n) is 13.1. The second-order valence-corrected chi connectivity index (χ2v) is 9.48. The molecule has 2 N–H and O–H groups in total. The Bertz CT molecular complexity index is 1360. The highest BCUT2D eigenvalue weighted by molar-refractivity contribution is 5.93. The van der Waals surface area contributed by atoms with E-state index in [2.05, 4.69) is 39.8 Å². The van der Waals surface area contributed by atoms with Gasteiger partial charge in [-0.2, -0.15) is 4.52 Å². The third-order valence-electron chi connectivity index (χ3n) is 6.59. The van der Waals surface area contributed by atoms with Crippen molar-refractivity contribution in [3.05, 3.63) is 59.2 Å². The van der Waals surface area contributed by atoms with Gasteiger partial charge in [-0.1, -0.05) is 24.3 Å². The van der Waals surface area contributed by atoms with E-state index in [0.29, 0.717) is 47.8 Å². The van der Waals surface area contributed by atoms with E-state index in [4.69, 9.17) is 9.72 Å². The van der Waals surface area contributed by atoms with Crippen LogP contribution in [0, 0.1) is 12.7 Å². The van der Waals surface area contributed by atoms with E-state index in [0.717, 1.165) is 24.8 Å². The second kappa shape index (κ2) is 13.1. The van der Waals surface area contributed by atoms with Gasteiger partial charge in [0.1, 0.15) is 0 Å². The predicted molar refractivity (Wildman–Crippen MR) is 147 cm³/mol. The Kier molecular flexibility index (Phi) is 9.42. The molecule has 1 aliphatic rings. The number of ether oxygens (including phenoxy) is 1. The van der Waals surface area contributed by atoms with E-state index in [-0.39, 0.29) is 5.75 Å². The number of nitrogens with one attached hydrogen (secondary N) is 2. The molecular weight excluding hydrogens is 485 g/mol. The highest BCUT2D eigenvalue weighted by atomic mass is 19.1. The molecule has 0 unspecified atom stereocenters. The minimum Gasteiger partial charge on any atom is -0.494 e. The molecule has 5 rings (SSSR count). The molecule has 1 aliphatic heterocycles. The van der Waals surface area contributed by atoms with Gasteiger partial charge in [0.05, 0.1) is 12.6 Å². The van der Waals surface area contributed by atoms with Crippen LogP contribution in [0.4, 0.5) is 10.3 Å². The van der Waals surface area contributed by atoms with Crippen molar-refractivity contribution in [2.45, 2.75) is 45.6 Å². The van der Waals surface area contributed by atoms with Crippen LogP contribution in [0.3, 0.4) is 0 Å². The SMILES string of the molecule is C1CCNC1.COc1cc2nc(NCc3ccccc3C)n3nc(CCCCN(C)C=O)nc3c2cc1F. The van der Waals surface area contributed by atoms with Crippen molar-refractivity contribution >= 4 is 28.9 Å². The van der Waals surface area contributed by atoms with Gasteiger partial charge in [-0.3, -0.25) is 4.79 Å². The van der Waals surface area contributed by atoms with Crippen LogP contribution in [0.1, 0.15) is 42.6 Å². The zero-order valence-corrected chi connectivity index (χ0v) is 22.3. The highest BCUT2D eigenvalue weighted by Crippen LogP contribution is 2.28. The number of benzene rings is 2. The number of carbonyl (C=O) groups excluding carboxylic acids is 1. The van der Waals surface area contributed by atoms with E-state index in [9.17, 15) is 9.18 Å². The first-order chi connectivity index (χ1) is 18.5. The molecule has 38 heavy (non-hydrogen) atoms. The molecule has 202 valence electrons. The number of amides is 1. The first kappa shape index (κ1) is 27.3. The number of methoxy groups -OCH3 is 1. The summed E-state index contributed by atoms with van der Waals surface area (Å²) < 4.78 is 21.2. The number of fused-ring (bicyclic) bond motifs is 3. The third kappa shape index (κ3) is 6.74. The lowest BCUT2D eigenvalue weighted by atomic mass is 10.1. The van der Waals surface area contributed by atoms with Gasteiger partial charge < -0.3 is 20.3 Å². The molecule has 0 spiro atoms. The zero-order valence-electron chi connectivity index (χ0n) is 22.3. The highest BCUT2D eigenvalue weighted by Gasteiger charge is 2.16. The topological polar surface area (TPSA) is 96.7 Å². The van der Waals surface area contributed by atoms with Crippen LogP contribution in [0.25, 0.3) is 16.6 Å². The van der Waals surface area contributed by atoms with E-state index in [1.165, 1.54) is 44.7 Å². The van der Waals surface area contributed by atoms with Crippen LogP contribution in [0.5, 0.6) is 5.75 Å². The quantitative estimate of drug-likeness (QED) is 0.239. The number of hydrogen-bond acceptors (Lipinski definition) is 7. The molecule has 0 atom stereocenters. The molecule has 2 aromatic carbocycles. The van der Waals surface area contributed by atoms with Gasteiger partial charge >= 0.3 is 0 Å². The summed E-state index contributed by atoms with van der Waals surface area (Å²) in [5.74, 6) is 0.820. The van der Waals surface area contributed by atoms with Crippen molar-refractivity contribution in [3.63, 3.8) is 0 Å². The average Bonchev–Trinajstić information content (AvgIpc) is 3.64. The molecule has 9 nitrogen and oxygen atoms in total. The molecule has 1 fully saturated rings. The van der Waals surface area contributed by atoms with Gasteiger partial charge in [-0.15, -0.1) is 5.10 Å². The normalized spacial score (nSPS) is 12.8. The Hall–Kier alpha value is -3.79. The number of aryl methyl sites for hydroxylation is 2. The Morgan fingerprint density at radius 1 is 1.18 bits per heavy atom. The molecule has 3 heterocycles. The molecule has 0 saturated carbocycles. The zero-order chi connectivity index (χ0) is 26.9. The summed E-state index contributed by atoms with van der Waals surface area (Å²) in [5.41, 5.74) is 3.42. The Morgan fingerprint density at radius 3 is 2.66 bits per heavy atom. The molecular formula is C28H36FN7O2. The van der Waals surface area contributed by atoms with Crippen LogP contribution >= 0.6 is 0 Å². The summed E-state index contributed by atoms with van der Waals surface area (Å²) >= 11 is 0. The van der Waals surface area contributed by atoms with E-state index in [1.807, 2.05) is 12.1 Å². The van der Waals surface area contributed by atoms with Crippen molar-refractivity contribution in [2.75, 3.05) is 39.1 Å². The minimum absolute atomic E-state index is 0.128. The summed E-state index contributed by atoms with van der Waals surface area (Å²) in [6.45, 7) is 5.80. The minimum atomic E-state index is -0.476. The van der Waals surface area contributed by atoms with E-state index >= 15 is 0 Å². The standard InChI is InChI=1S/C24H27FN6O2.C4H9N/c1-16-8-4-5-9-17(16)14-26-24-27-20-13-21(33-3)19(25)12-18(20)23-28-22(29-31(23)24)10-6-7-11-30(2)15-32;1-2-4-5-3-1/h4-5,8-9,12-13,15H,6-7,10-11,14H2,1-3H3,(H,26,27);5H,1-4H2. The molecule has 0 aliphatic carbocycles. The fourth-order valence-electron chi connectivity index (χ4n) is 4.33. The number of halogens is 1. The number of unbranched alkanes of at least 4 members (excludes halogenated alkanes) is 1. The van der Waals surface area contributed by atoms with Gasteiger partial charge in [0, 0.05) is 38.0 Å². The first-order valence-corrected chi connectivity index (χ1v) is 13.1. The molecule has 0 bridgehead atoms. The number of aromatic nitrogens is 4. The lowest BCUT2D eigenvalue weighted by molar-refractivity contribution is -0.117. The fourth-order valence-corrected chi connectivity index (χ4v) is 4.33. The molecule has 4 aromatic rings. The third-order valence-corrected chi connectivity index (χ3v) is 6.59. The summed E-state index contributed by atoms with van der Waals surface area (Å²) in [5, 5.41) is 11.8. The lowest BCUT2D eigenvalue weighted by Gasteiger charge is -2.11. The van der Waals surface area contributed by atoms with Crippen molar-refractivity contribution < 1.29 is 13.9 Å². The summed E-state index contributed by atoms with van der Waals surface area (Å²) in [6, 6.07) is 11.1. The maximum Gasteiger partial charge on any atom is 0.226 e.